The van der Waals surface area contributed by atoms with Crippen molar-refractivity contribution in [2.75, 3.05) is 39.3 Å². The van der Waals surface area contributed by atoms with Crippen molar-refractivity contribution in [2.24, 2.45) is 0 Å². The molecule has 2 saturated heterocycles. The first-order valence-corrected chi connectivity index (χ1v) is 9.70. The van der Waals surface area contributed by atoms with E-state index >= 15 is 0 Å². The maximum absolute atomic E-state index is 13.4. The van der Waals surface area contributed by atoms with Crippen LogP contribution in [0.2, 0.25) is 0 Å². The van der Waals surface area contributed by atoms with Gasteiger partial charge in [-0.3, -0.25) is 4.90 Å². The molecule has 8 heteroatoms. The van der Waals surface area contributed by atoms with E-state index in [1.165, 1.54) is 4.31 Å². The minimum Gasteiger partial charge on any atom is -0.377 e. The first-order valence-electron chi connectivity index (χ1n) is 8.26. The van der Waals surface area contributed by atoms with E-state index in [0.29, 0.717) is 26.1 Å². The van der Waals surface area contributed by atoms with Gasteiger partial charge in [0, 0.05) is 32.8 Å². The molecule has 1 unspecified atom stereocenters. The van der Waals surface area contributed by atoms with Crippen LogP contribution in [0.4, 0.5) is 8.78 Å². The van der Waals surface area contributed by atoms with Crippen LogP contribution in [-0.4, -0.2) is 63.1 Å². The summed E-state index contributed by atoms with van der Waals surface area (Å²) < 4.78 is 58.7. The summed E-state index contributed by atoms with van der Waals surface area (Å²) in [5.74, 6) is -2.20. The van der Waals surface area contributed by atoms with Gasteiger partial charge in [0.15, 0.2) is 11.6 Å². The number of halogens is 2. The van der Waals surface area contributed by atoms with Crippen molar-refractivity contribution < 1.29 is 21.9 Å². The van der Waals surface area contributed by atoms with Crippen molar-refractivity contribution in [3.05, 3.63) is 29.8 Å². The molecule has 1 atom stereocenters. The van der Waals surface area contributed by atoms with Gasteiger partial charge >= 0.3 is 0 Å². The summed E-state index contributed by atoms with van der Waals surface area (Å²) in [6.07, 6.45) is 3.07. The molecule has 2 aliphatic rings. The van der Waals surface area contributed by atoms with Crippen molar-refractivity contribution in [1.82, 2.24) is 9.21 Å². The third-order valence-electron chi connectivity index (χ3n) is 4.56. The molecule has 134 valence electrons. The van der Waals surface area contributed by atoms with E-state index in [1.807, 2.05) is 0 Å². The third-order valence-corrected chi connectivity index (χ3v) is 6.46. The maximum Gasteiger partial charge on any atom is 0.243 e. The zero-order valence-electron chi connectivity index (χ0n) is 13.5. The molecule has 1 aromatic rings. The zero-order valence-corrected chi connectivity index (χ0v) is 14.3. The van der Waals surface area contributed by atoms with Crippen LogP contribution in [0.3, 0.4) is 0 Å². The van der Waals surface area contributed by atoms with Crippen molar-refractivity contribution in [3.8, 4) is 0 Å². The standard InChI is InChI=1S/C16H22F2N2O3S/c17-15-5-4-14(11-16(15)18)24(21,22)20-7-2-6-19(8-9-20)12-13-3-1-10-23-13/h4-5,11,13H,1-3,6-10,12H2. The molecule has 5 nitrogen and oxygen atoms in total. The molecule has 0 N–H and O–H groups in total. The summed E-state index contributed by atoms with van der Waals surface area (Å²) in [4.78, 5) is 2.02. The minimum absolute atomic E-state index is 0.200. The Kier molecular flexibility index (Phi) is 5.49. The fraction of sp³-hybridized carbons (Fsp3) is 0.625. The van der Waals surface area contributed by atoms with Crippen molar-refractivity contribution >= 4 is 10.0 Å². The first-order chi connectivity index (χ1) is 11.5. The predicted octanol–water partition coefficient (Wildman–Crippen LogP) is 1.84. The van der Waals surface area contributed by atoms with E-state index < -0.39 is 21.7 Å². The van der Waals surface area contributed by atoms with Crippen LogP contribution in [0, 0.1) is 11.6 Å². The highest BCUT2D eigenvalue weighted by atomic mass is 32.2. The van der Waals surface area contributed by atoms with E-state index in [1.54, 1.807) is 0 Å². The number of rotatable bonds is 4. The molecule has 0 aliphatic carbocycles. The lowest BCUT2D eigenvalue weighted by molar-refractivity contribution is 0.0749. The predicted molar refractivity (Wildman–Crippen MR) is 85.1 cm³/mol. The van der Waals surface area contributed by atoms with Gasteiger partial charge in [-0.25, -0.2) is 17.2 Å². The van der Waals surface area contributed by atoms with Gasteiger partial charge in [-0.2, -0.15) is 4.31 Å². The van der Waals surface area contributed by atoms with Gasteiger partial charge in [-0.15, -0.1) is 0 Å². The number of sulfonamides is 1. The van der Waals surface area contributed by atoms with Crippen molar-refractivity contribution in [3.63, 3.8) is 0 Å². The molecule has 24 heavy (non-hydrogen) atoms. The summed E-state index contributed by atoms with van der Waals surface area (Å²) in [6, 6.07) is 2.71. The van der Waals surface area contributed by atoms with E-state index in [2.05, 4.69) is 4.90 Å². The van der Waals surface area contributed by atoms with Crippen molar-refractivity contribution in [2.45, 2.75) is 30.3 Å². The van der Waals surface area contributed by atoms with Crippen LogP contribution in [0.15, 0.2) is 23.1 Å². The number of hydrogen-bond acceptors (Lipinski definition) is 4. The highest BCUT2D eigenvalue weighted by Crippen LogP contribution is 2.21. The van der Waals surface area contributed by atoms with Crippen LogP contribution in [0.1, 0.15) is 19.3 Å². The highest BCUT2D eigenvalue weighted by Gasteiger charge is 2.28. The Balaban J connectivity index is 1.66. The molecule has 2 heterocycles. The second-order valence-corrected chi connectivity index (χ2v) is 8.21. The minimum atomic E-state index is -3.81. The van der Waals surface area contributed by atoms with Crippen LogP contribution in [0.5, 0.6) is 0 Å². The average Bonchev–Trinajstić information content (AvgIpc) is 2.93. The molecule has 0 spiro atoms. The van der Waals surface area contributed by atoms with Crippen LogP contribution < -0.4 is 0 Å². The maximum atomic E-state index is 13.4. The summed E-state index contributed by atoms with van der Waals surface area (Å²) in [5.41, 5.74) is 0. The number of ether oxygens (including phenoxy) is 1. The SMILES string of the molecule is O=S(=O)(c1ccc(F)c(F)c1)N1CCCN(CC2CCCO2)CC1. The second-order valence-electron chi connectivity index (χ2n) is 6.27. The Hall–Kier alpha value is -1.09. The fourth-order valence-electron chi connectivity index (χ4n) is 3.23. The normalized spacial score (nSPS) is 24.2. The molecule has 3 rings (SSSR count). The lowest BCUT2D eigenvalue weighted by atomic mass is 10.2. The number of nitrogens with zero attached hydrogens (tertiary/aromatic N) is 2. The summed E-state index contributed by atoms with van der Waals surface area (Å²) in [7, 11) is -3.81. The van der Waals surface area contributed by atoms with Gasteiger partial charge < -0.3 is 4.74 Å². The van der Waals surface area contributed by atoms with Gasteiger partial charge in [0.25, 0.3) is 0 Å². The number of benzene rings is 1. The highest BCUT2D eigenvalue weighted by molar-refractivity contribution is 7.89. The quantitative estimate of drug-likeness (QED) is 0.822. The lowest BCUT2D eigenvalue weighted by Crippen LogP contribution is -2.37. The molecular weight excluding hydrogens is 338 g/mol. The summed E-state index contributed by atoms with van der Waals surface area (Å²) >= 11 is 0. The second kappa shape index (κ2) is 7.43. The smallest absolute Gasteiger partial charge is 0.243 e. The van der Waals surface area contributed by atoms with Gasteiger partial charge in [0.05, 0.1) is 11.0 Å². The van der Waals surface area contributed by atoms with E-state index in [-0.39, 0.29) is 11.0 Å². The lowest BCUT2D eigenvalue weighted by Gasteiger charge is -2.24. The molecule has 2 aliphatic heterocycles. The zero-order chi connectivity index (χ0) is 17.2. The van der Waals surface area contributed by atoms with Gasteiger partial charge in [-0.05, 0) is 44.0 Å². The van der Waals surface area contributed by atoms with Crippen molar-refractivity contribution in [1.29, 1.82) is 0 Å². The molecule has 0 bridgehead atoms. The van der Waals surface area contributed by atoms with Gasteiger partial charge in [-0.1, -0.05) is 0 Å². The Morgan fingerprint density at radius 2 is 1.92 bits per heavy atom. The summed E-state index contributed by atoms with van der Waals surface area (Å²) in [5, 5.41) is 0. The number of hydrogen-bond donors (Lipinski definition) is 0. The van der Waals surface area contributed by atoms with Gasteiger partial charge in [0.1, 0.15) is 0 Å². The van der Waals surface area contributed by atoms with Gasteiger partial charge in [0.2, 0.25) is 10.0 Å². The van der Waals surface area contributed by atoms with E-state index in [4.69, 9.17) is 4.74 Å². The molecular formula is C16H22F2N2O3S. The largest absolute Gasteiger partial charge is 0.377 e. The van der Waals surface area contributed by atoms with E-state index in [9.17, 15) is 17.2 Å². The topological polar surface area (TPSA) is 49.9 Å². The van der Waals surface area contributed by atoms with Crippen LogP contribution in [0.25, 0.3) is 0 Å². The Morgan fingerprint density at radius 1 is 1.08 bits per heavy atom. The molecule has 2 fully saturated rings. The monoisotopic (exact) mass is 360 g/mol. The third kappa shape index (κ3) is 3.93. The Bertz CT molecular complexity index is 678. The Morgan fingerprint density at radius 3 is 2.62 bits per heavy atom. The molecule has 0 amide bonds. The fourth-order valence-corrected chi connectivity index (χ4v) is 4.71. The van der Waals surface area contributed by atoms with Crippen LogP contribution in [-0.2, 0) is 14.8 Å². The van der Waals surface area contributed by atoms with Crippen LogP contribution >= 0.6 is 0 Å². The molecule has 0 aromatic heterocycles. The summed E-state index contributed by atoms with van der Waals surface area (Å²) in [6.45, 7) is 3.76. The molecule has 1 aromatic carbocycles. The van der Waals surface area contributed by atoms with E-state index in [0.717, 1.165) is 50.7 Å². The molecule has 0 saturated carbocycles. The Labute approximate surface area is 141 Å². The average molecular weight is 360 g/mol. The molecule has 0 radical (unpaired) electrons. The first kappa shape index (κ1) is 17.7.